The van der Waals surface area contributed by atoms with Crippen LogP contribution in [0.5, 0.6) is 0 Å². The summed E-state index contributed by atoms with van der Waals surface area (Å²) >= 11 is 0. The molecule has 0 fully saturated rings. The zero-order valence-corrected chi connectivity index (χ0v) is 12.6. The summed E-state index contributed by atoms with van der Waals surface area (Å²) < 4.78 is 50.3. The van der Waals surface area contributed by atoms with E-state index >= 15 is 0 Å². The van der Waals surface area contributed by atoms with E-state index in [4.69, 9.17) is 4.74 Å². The maximum atomic E-state index is 13.6. The minimum atomic E-state index is -5.09. The van der Waals surface area contributed by atoms with Crippen molar-refractivity contribution >= 4 is 17.9 Å². The van der Waals surface area contributed by atoms with Gasteiger partial charge in [-0.1, -0.05) is 18.2 Å². The van der Waals surface area contributed by atoms with Crippen LogP contribution >= 0.6 is 0 Å². The van der Waals surface area contributed by atoms with Gasteiger partial charge in [0.1, 0.15) is 0 Å². The van der Waals surface area contributed by atoms with Crippen LogP contribution in [0.3, 0.4) is 0 Å². The second kappa shape index (κ2) is 5.90. The predicted octanol–water partition coefficient (Wildman–Crippen LogP) is 1.81. The lowest BCUT2D eigenvalue weighted by molar-refractivity contribution is -0.202. The molecule has 0 N–H and O–H groups in total. The summed E-state index contributed by atoms with van der Waals surface area (Å²) in [5.74, 6) is -2.01. The molecule has 6 nitrogen and oxygen atoms in total. The molecule has 23 heavy (non-hydrogen) atoms. The highest BCUT2D eigenvalue weighted by molar-refractivity contribution is 6.05. The lowest BCUT2D eigenvalue weighted by atomic mass is 10.1. The summed E-state index contributed by atoms with van der Waals surface area (Å²) in [6.07, 6.45) is -5.09. The van der Waals surface area contributed by atoms with E-state index in [1.54, 1.807) is 18.2 Å². The molecular formula is C14H14F3N3O3. The topological polar surface area (TPSA) is 63.5 Å². The standard InChI is InChI=1S/C14H14F3N3O3/c1-20(2)12-19-13(11(21)22-3,14(15,16)17)18-10(23-12)9-7-5-4-6-8-9/h4-8H,1-3H3. The first-order chi connectivity index (χ1) is 10.7. The molecule has 1 aliphatic heterocycles. The van der Waals surface area contributed by atoms with Gasteiger partial charge in [-0.05, 0) is 12.1 Å². The van der Waals surface area contributed by atoms with E-state index in [-0.39, 0.29) is 11.5 Å². The van der Waals surface area contributed by atoms with Crippen LogP contribution in [-0.4, -0.2) is 55.8 Å². The number of nitrogens with zero attached hydrogens (tertiary/aromatic N) is 3. The van der Waals surface area contributed by atoms with Crippen LogP contribution in [0, 0.1) is 0 Å². The van der Waals surface area contributed by atoms with Crippen LogP contribution in [0.4, 0.5) is 13.2 Å². The number of carbonyl (C=O) groups is 1. The van der Waals surface area contributed by atoms with Gasteiger partial charge in [0.2, 0.25) is 5.90 Å². The number of hydrogen-bond acceptors (Lipinski definition) is 6. The number of amidine groups is 1. The van der Waals surface area contributed by atoms with Crippen molar-refractivity contribution < 1.29 is 27.4 Å². The Hall–Kier alpha value is -2.58. The van der Waals surface area contributed by atoms with Crippen molar-refractivity contribution in [3.63, 3.8) is 0 Å². The molecule has 1 aromatic carbocycles. The summed E-state index contributed by atoms with van der Waals surface area (Å²) in [5.41, 5.74) is -3.12. The fraction of sp³-hybridized carbons (Fsp3) is 0.357. The van der Waals surface area contributed by atoms with E-state index in [0.29, 0.717) is 0 Å². The van der Waals surface area contributed by atoms with Gasteiger partial charge < -0.3 is 14.4 Å². The fourth-order valence-corrected chi connectivity index (χ4v) is 1.81. The Balaban J connectivity index is 2.67. The highest BCUT2D eigenvalue weighted by Gasteiger charge is 2.65. The van der Waals surface area contributed by atoms with Crippen molar-refractivity contribution in [2.24, 2.45) is 9.98 Å². The highest BCUT2D eigenvalue weighted by atomic mass is 19.4. The minimum Gasteiger partial charge on any atom is -0.465 e. The van der Waals surface area contributed by atoms with E-state index in [1.165, 1.54) is 31.1 Å². The summed E-state index contributed by atoms with van der Waals surface area (Å²) in [7, 11) is 3.71. The number of ether oxygens (including phenoxy) is 2. The molecule has 0 saturated heterocycles. The Labute approximate surface area is 130 Å². The fourth-order valence-electron chi connectivity index (χ4n) is 1.81. The third-order valence-electron chi connectivity index (χ3n) is 2.98. The zero-order valence-electron chi connectivity index (χ0n) is 12.6. The first-order valence-corrected chi connectivity index (χ1v) is 6.46. The molecule has 1 atom stereocenters. The van der Waals surface area contributed by atoms with E-state index in [2.05, 4.69) is 14.7 Å². The minimum absolute atomic E-state index is 0.277. The summed E-state index contributed by atoms with van der Waals surface area (Å²) in [5, 5.41) is 0. The zero-order chi connectivity index (χ0) is 17.3. The quantitative estimate of drug-likeness (QED) is 0.777. The number of hydrogen-bond donors (Lipinski definition) is 0. The second-order valence-electron chi connectivity index (χ2n) is 4.84. The van der Waals surface area contributed by atoms with Gasteiger partial charge in [-0.3, -0.25) is 0 Å². The molecule has 0 amide bonds. The molecule has 0 spiro atoms. The highest BCUT2D eigenvalue weighted by Crippen LogP contribution is 2.39. The first kappa shape index (κ1) is 16.8. The molecule has 2 rings (SSSR count). The molecule has 124 valence electrons. The number of esters is 1. The van der Waals surface area contributed by atoms with Crippen molar-refractivity contribution in [2.75, 3.05) is 21.2 Å². The molecular weight excluding hydrogens is 315 g/mol. The number of aliphatic imine (C=N–C) groups is 2. The van der Waals surface area contributed by atoms with Crippen LogP contribution in [0.15, 0.2) is 40.3 Å². The molecule has 1 heterocycles. The average molecular weight is 329 g/mol. The van der Waals surface area contributed by atoms with E-state index in [0.717, 1.165) is 7.11 Å². The maximum absolute atomic E-state index is 13.6. The number of benzene rings is 1. The largest absolute Gasteiger partial charge is 0.465 e. The number of rotatable bonds is 2. The third-order valence-corrected chi connectivity index (χ3v) is 2.98. The molecule has 0 bridgehead atoms. The Morgan fingerprint density at radius 1 is 1.22 bits per heavy atom. The molecule has 0 aliphatic carbocycles. The molecule has 1 aromatic rings. The summed E-state index contributed by atoms with van der Waals surface area (Å²) in [6.45, 7) is 0. The number of alkyl halides is 3. The van der Waals surface area contributed by atoms with Gasteiger partial charge in [-0.2, -0.15) is 23.2 Å². The van der Waals surface area contributed by atoms with E-state index < -0.39 is 23.8 Å². The average Bonchev–Trinajstić information content (AvgIpc) is 2.53. The van der Waals surface area contributed by atoms with Gasteiger partial charge in [0, 0.05) is 19.7 Å². The Morgan fingerprint density at radius 3 is 2.30 bits per heavy atom. The van der Waals surface area contributed by atoms with Gasteiger partial charge in [-0.25, -0.2) is 4.79 Å². The van der Waals surface area contributed by atoms with Gasteiger partial charge in [-0.15, -0.1) is 0 Å². The van der Waals surface area contributed by atoms with E-state index in [1.807, 2.05) is 0 Å². The van der Waals surface area contributed by atoms with E-state index in [9.17, 15) is 18.0 Å². The third kappa shape index (κ3) is 2.99. The van der Waals surface area contributed by atoms with Gasteiger partial charge in [0.05, 0.1) is 7.11 Å². The number of carbonyl (C=O) groups excluding carboxylic acids is 1. The van der Waals surface area contributed by atoms with Crippen LogP contribution in [0.1, 0.15) is 5.56 Å². The predicted molar refractivity (Wildman–Crippen MR) is 76.0 cm³/mol. The van der Waals surface area contributed by atoms with Crippen LogP contribution in [0.25, 0.3) is 0 Å². The molecule has 0 radical (unpaired) electrons. The monoisotopic (exact) mass is 329 g/mol. The van der Waals surface area contributed by atoms with Crippen LogP contribution < -0.4 is 0 Å². The van der Waals surface area contributed by atoms with Crippen molar-refractivity contribution in [1.29, 1.82) is 0 Å². The molecule has 1 unspecified atom stereocenters. The summed E-state index contributed by atoms with van der Waals surface area (Å²) in [6, 6.07) is 7.52. The van der Waals surface area contributed by atoms with Crippen molar-refractivity contribution in [3.8, 4) is 0 Å². The molecule has 9 heteroatoms. The lowest BCUT2D eigenvalue weighted by Gasteiger charge is -2.31. The van der Waals surface area contributed by atoms with Crippen molar-refractivity contribution in [3.05, 3.63) is 35.9 Å². The molecule has 1 aliphatic rings. The smallest absolute Gasteiger partial charge is 0.446 e. The molecule has 0 aromatic heterocycles. The van der Waals surface area contributed by atoms with Crippen LogP contribution in [-0.2, 0) is 14.3 Å². The van der Waals surface area contributed by atoms with Crippen molar-refractivity contribution in [1.82, 2.24) is 4.90 Å². The maximum Gasteiger partial charge on any atom is 0.446 e. The van der Waals surface area contributed by atoms with Gasteiger partial charge >= 0.3 is 17.8 Å². The number of halogens is 3. The Morgan fingerprint density at radius 2 is 1.83 bits per heavy atom. The molecule has 0 saturated carbocycles. The van der Waals surface area contributed by atoms with Gasteiger partial charge in [0.25, 0.3) is 6.02 Å². The number of methoxy groups -OCH3 is 1. The van der Waals surface area contributed by atoms with Gasteiger partial charge in [0.15, 0.2) is 0 Å². The van der Waals surface area contributed by atoms with Crippen LogP contribution in [0.2, 0.25) is 0 Å². The Kier molecular flexibility index (Phi) is 4.31. The SMILES string of the molecule is COC(=O)C1(C(F)(F)F)N=C(c2ccccc2)OC(N(C)C)=N1. The lowest BCUT2D eigenvalue weighted by Crippen LogP contribution is -2.54. The second-order valence-corrected chi connectivity index (χ2v) is 4.84. The first-order valence-electron chi connectivity index (χ1n) is 6.46. The Bertz CT molecular complexity index is 656. The normalized spacial score (nSPS) is 21.0. The van der Waals surface area contributed by atoms with Crippen molar-refractivity contribution in [2.45, 2.75) is 11.8 Å². The summed E-state index contributed by atoms with van der Waals surface area (Å²) in [4.78, 5) is 19.9.